The van der Waals surface area contributed by atoms with Crippen molar-refractivity contribution in [1.82, 2.24) is 0 Å². The standard InChI is InChI=1S/C13H14O4/c1-7(14)2-8-3-9-5-10(15)6-12(17)13(9)11(16)4-8/h3,5-7,14-15,17H,2,4H2,1H3. The van der Waals surface area contributed by atoms with Crippen LogP contribution in [0.4, 0.5) is 0 Å². The average molecular weight is 234 g/mol. The molecule has 0 amide bonds. The van der Waals surface area contributed by atoms with E-state index in [1.165, 1.54) is 6.07 Å². The molecule has 1 aromatic rings. The fraction of sp³-hybridized carbons (Fsp3) is 0.308. The van der Waals surface area contributed by atoms with Crippen LogP contribution < -0.4 is 0 Å². The van der Waals surface area contributed by atoms with Gasteiger partial charge in [0.15, 0.2) is 5.78 Å². The summed E-state index contributed by atoms with van der Waals surface area (Å²) in [5, 5.41) is 28.3. The lowest BCUT2D eigenvalue weighted by molar-refractivity contribution is 0.0985. The van der Waals surface area contributed by atoms with Crippen LogP contribution in [0.2, 0.25) is 0 Å². The molecule has 17 heavy (non-hydrogen) atoms. The molecule has 0 aliphatic heterocycles. The predicted molar refractivity (Wildman–Crippen MR) is 63.0 cm³/mol. The highest BCUT2D eigenvalue weighted by Crippen LogP contribution is 2.34. The number of carbonyl (C=O) groups is 1. The molecule has 0 saturated heterocycles. The van der Waals surface area contributed by atoms with Gasteiger partial charge in [0.05, 0.1) is 11.7 Å². The molecule has 0 fully saturated rings. The number of Topliss-reactive ketones (excluding diaryl/α,β-unsaturated/α-hetero) is 1. The van der Waals surface area contributed by atoms with E-state index in [1.807, 2.05) is 0 Å². The summed E-state index contributed by atoms with van der Waals surface area (Å²) in [5.41, 5.74) is 1.56. The lowest BCUT2D eigenvalue weighted by Gasteiger charge is -2.17. The average Bonchev–Trinajstić information content (AvgIpc) is 2.13. The second-order valence-electron chi connectivity index (χ2n) is 4.38. The minimum atomic E-state index is -0.512. The third-order valence-electron chi connectivity index (χ3n) is 2.72. The van der Waals surface area contributed by atoms with Gasteiger partial charge in [-0.1, -0.05) is 11.6 Å². The fourth-order valence-corrected chi connectivity index (χ4v) is 2.13. The number of aromatic hydroxyl groups is 2. The number of hydrogen-bond donors (Lipinski definition) is 3. The molecular formula is C13H14O4. The number of aliphatic hydroxyl groups is 1. The highest BCUT2D eigenvalue weighted by Gasteiger charge is 2.23. The smallest absolute Gasteiger partial charge is 0.171 e. The Hall–Kier alpha value is -1.81. The van der Waals surface area contributed by atoms with Crippen molar-refractivity contribution in [3.63, 3.8) is 0 Å². The first-order chi connectivity index (χ1) is 7.97. The Kier molecular flexibility index (Phi) is 2.90. The molecule has 1 aliphatic rings. The maximum atomic E-state index is 11.8. The second kappa shape index (κ2) is 4.22. The lowest BCUT2D eigenvalue weighted by atomic mass is 9.88. The van der Waals surface area contributed by atoms with Crippen LogP contribution in [0.3, 0.4) is 0 Å². The SMILES string of the molecule is CC(O)CC1=Cc2cc(O)cc(O)c2C(=O)C1. The predicted octanol–water partition coefficient (Wildman–Crippen LogP) is 1.84. The summed E-state index contributed by atoms with van der Waals surface area (Å²) in [7, 11) is 0. The van der Waals surface area contributed by atoms with Gasteiger partial charge >= 0.3 is 0 Å². The largest absolute Gasteiger partial charge is 0.508 e. The Labute approximate surface area is 98.8 Å². The first-order valence-corrected chi connectivity index (χ1v) is 5.44. The number of rotatable bonds is 2. The minimum Gasteiger partial charge on any atom is -0.508 e. The molecule has 0 spiro atoms. The van der Waals surface area contributed by atoms with Crippen LogP contribution in [0.5, 0.6) is 11.5 Å². The van der Waals surface area contributed by atoms with E-state index in [9.17, 15) is 20.1 Å². The summed E-state index contributed by atoms with van der Waals surface area (Å²) in [5.74, 6) is -0.461. The Morgan fingerprint density at radius 3 is 2.71 bits per heavy atom. The molecule has 0 bridgehead atoms. The molecule has 1 atom stereocenters. The zero-order valence-corrected chi connectivity index (χ0v) is 9.47. The van der Waals surface area contributed by atoms with Gasteiger partial charge in [-0.3, -0.25) is 4.79 Å². The summed E-state index contributed by atoms with van der Waals surface area (Å²) in [6.07, 6.45) is 1.85. The van der Waals surface area contributed by atoms with Crippen LogP contribution in [0.15, 0.2) is 17.7 Å². The van der Waals surface area contributed by atoms with E-state index < -0.39 is 6.10 Å². The van der Waals surface area contributed by atoms with E-state index in [0.29, 0.717) is 12.0 Å². The van der Waals surface area contributed by atoms with Crippen LogP contribution >= 0.6 is 0 Å². The molecule has 3 N–H and O–H groups in total. The topological polar surface area (TPSA) is 77.8 Å². The minimum absolute atomic E-state index is 0.0800. The molecule has 2 rings (SSSR count). The van der Waals surface area contributed by atoms with E-state index in [0.717, 1.165) is 11.6 Å². The highest BCUT2D eigenvalue weighted by molar-refractivity contribution is 6.06. The zero-order valence-electron chi connectivity index (χ0n) is 9.47. The van der Waals surface area contributed by atoms with Gasteiger partial charge in [0, 0.05) is 12.5 Å². The normalized spacial score (nSPS) is 16.4. The van der Waals surface area contributed by atoms with E-state index in [2.05, 4.69) is 0 Å². The number of phenolic OH excluding ortho intramolecular Hbond substituents is 2. The van der Waals surface area contributed by atoms with Gasteiger partial charge < -0.3 is 15.3 Å². The molecule has 1 aromatic carbocycles. The zero-order chi connectivity index (χ0) is 12.6. The van der Waals surface area contributed by atoms with Crippen molar-refractivity contribution in [1.29, 1.82) is 0 Å². The van der Waals surface area contributed by atoms with Crippen molar-refractivity contribution >= 4 is 11.9 Å². The lowest BCUT2D eigenvalue weighted by Crippen LogP contribution is -2.12. The van der Waals surface area contributed by atoms with Gasteiger partial charge in [-0.15, -0.1) is 0 Å². The monoisotopic (exact) mass is 234 g/mol. The molecular weight excluding hydrogens is 220 g/mol. The van der Waals surface area contributed by atoms with Crippen molar-refractivity contribution in [2.45, 2.75) is 25.9 Å². The summed E-state index contributed by atoms with van der Waals surface area (Å²) in [6.45, 7) is 1.65. The second-order valence-corrected chi connectivity index (χ2v) is 4.38. The number of hydrogen-bond acceptors (Lipinski definition) is 4. The quantitative estimate of drug-likeness (QED) is 0.729. The maximum absolute atomic E-state index is 11.8. The van der Waals surface area contributed by atoms with E-state index in [-0.39, 0.29) is 29.3 Å². The summed E-state index contributed by atoms with van der Waals surface area (Å²) >= 11 is 0. The van der Waals surface area contributed by atoms with Crippen molar-refractivity contribution < 1.29 is 20.1 Å². The number of benzene rings is 1. The van der Waals surface area contributed by atoms with E-state index in [4.69, 9.17) is 0 Å². The van der Waals surface area contributed by atoms with Crippen molar-refractivity contribution in [3.8, 4) is 11.5 Å². The van der Waals surface area contributed by atoms with Crippen LogP contribution in [0, 0.1) is 0 Å². The van der Waals surface area contributed by atoms with Gasteiger partial charge in [0.1, 0.15) is 11.5 Å². The molecule has 0 saturated carbocycles. The van der Waals surface area contributed by atoms with Crippen molar-refractivity contribution in [3.05, 3.63) is 28.8 Å². The summed E-state index contributed by atoms with van der Waals surface area (Å²) in [6, 6.07) is 2.60. The molecule has 4 nitrogen and oxygen atoms in total. The maximum Gasteiger partial charge on any atom is 0.171 e. The Morgan fingerprint density at radius 2 is 2.06 bits per heavy atom. The summed E-state index contributed by atoms with van der Waals surface area (Å²) < 4.78 is 0. The number of phenols is 2. The number of fused-ring (bicyclic) bond motifs is 1. The molecule has 1 unspecified atom stereocenters. The number of ketones is 1. The van der Waals surface area contributed by atoms with Crippen molar-refractivity contribution in [2.24, 2.45) is 0 Å². The first-order valence-electron chi connectivity index (χ1n) is 5.44. The number of carbonyl (C=O) groups excluding carboxylic acids is 1. The van der Waals surface area contributed by atoms with Gasteiger partial charge in [-0.05, 0) is 25.0 Å². The van der Waals surface area contributed by atoms with E-state index >= 15 is 0 Å². The van der Waals surface area contributed by atoms with Crippen LogP contribution in [0.1, 0.15) is 35.7 Å². The molecule has 0 aromatic heterocycles. The summed E-state index contributed by atoms with van der Waals surface area (Å²) in [4.78, 5) is 11.8. The molecule has 4 heteroatoms. The van der Waals surface area contributed by atoms with Crippen LogP contribution in [0.25, 0.3) is 6.08 Å². The van der Waals surface area contributed by atoms with Gasteiger partial charge in [0.25, 0.3) is 0 Å². The molecule has 0 radical (unpaired) electrons. The Balaban J connectivity index is 2.47. The molecule has 0 heterocycles. The first kappa shape index (κ1) is 11.7. The van der Waals surface area contributed by atoms with Gasteiger partial charge in [0.2, 0.25) is 0 Å². The van der Waals surface area contributed by atoms with Gasteiger partial charge in [-0.2, -0.15) is 0 Å². The van der Waals surface area contributed by atoms with Crippen LogP contribution in [-0.4, -0.2) is 27.2 Å². The molecule has 90 valence electrons. The van der Waals surface area contributed by atoms with Crippen molar-refractivity contribution in [2.75, 3.05) is 0 Å². The number of aliphatic hydroxyl groups excluding tert-OH is 1. The Morgan fingerprint density at radius 1 is 1.35 bits per heavy atom. The fourth-order valence-electron chi connectivity index (χ4n) is 2.13. The van der Waals surface area contributed by atoms with E-state index in [1.54, 1.807) is 13.0 Å². The Bertz CT molecular complexity index is 500. The third-order valence-corrected chi connectivity index (χ3v) is 2.72. The van der Waals surface area contributed by atoms with Crippen LogP contribution in [-0.2, 0) is 0 Å². The molecule has 1 aliphatic carbocycles. The highest BCUT2D eigenvalue weighted by atomic mass is 16.3. The third kappa shape index (κ3) is 2.31. The van der Waals surface area contributed by atoms with Gasteiger partial charge in [-0.25, -0.2) is 0 Å².